The third-order valence-corrected chi connectivity index (χ3v) is 6.89. The first-order chi connectivity index (χ1) is 15.2. The maximum absolute atomic E-state index is 13.6. The number of amides is 3. The van der Waals surface area contributed by atoms with Crippen molar-refractivity contribution in [1.29, 1.82) is 0 Å². The van der Waals surface area contributed by atoms with Crippen LogP contribution in [0.4, 0.5) is 0 Å². The maximum atomic E-state index is 13.6. The van der Waals surface area contributed by atoms with Crippen molar-refractivity contribution in [1.82, 2.24) is 20.0 Å². The van der Waals surface area contributed by atoms with E-state index in [4.69, 9.17) is 0 Å². The molecule has 7 heteroatoms. The van der Waals surface area contributed by atoms with E-state index in [1.165, 1.54) is 0 Å². The number of nitrogens with one attached hydrogen (secondary N) is 1. The van der Waals surface area contributed by atoms with Crippen molar-refractivity contribution in [2.24, 2.45) is 17.8 Å². The van der Waals surface area contributed by atoms with E-state index in [1.807, 2.05) is 28.5 Å². The van der Waals surface area contributed by atoms with Crippen LogP contribution in [0.3, 0.4) is 0 Å². The van der Waals surface area contributed by atoms with Gasteiger partial charge in [0, 0.05) is 45.7 Å². The van der Waals surface area contributed by atoms with E-state index in [9.17, 15) is 14.4 Å². The molecule has 0 saturated carbocycles. The third-order valence-electron chi connectivity index (χ3n) is 6.89. The summed E-state index contributed by atoms with van der Waals surface area (Å²) >= 11 is 0. The van der Waals surface area contributed by atoms with Gasteiger partial charge in [-0.1, -0.05) is 27.7 Å². The number of piperidine rings is 1. The zero-order valence-electron chi connectivity index (χ0n) is 21.2. The average molecular weight is 451 g/mol. The standard InChI is InChI=1S/C25H46N4O3/c1-7-27(8-2)23(30)17-20-9-12-28(13-10-20)25(32)22(16-19(5)6)29-14-11-26-21(24(29)31)15-18(3)4/h18-22,26H,7-17H2,1-6H3/t21-,22?/m0/s1. The van der Waals surface area contributed by atoms with Crippen LogP contribution in [-0.4, -0.2) is 83.8 Å². The smallest absolute Gasteiger partial charge is 0.245 e. The lowest BCUT2D eigenvalue weighted by atomic mass is 9.91. The van der Waals surface area contributed by atoms with Gasteiger partial charge in [0.2, 0.25) is 17.7 Å². The molecule has 0 aromatic carbocycles. The molecule has 2 atom stereocenters. The van der Waals surface area contributed by atoms with Gasteiger partial charge in [-0.2, -0.15) is 0 Å². The van der Waals surface area contributed by atoms with Crippen molar-refractivity contribution in [3.63, 3.8) is 0 Å². The lowest BCUT2D eigenvalue weighted by Crippen LogP contribution is -2.62. The van der Waals surface area contributed by atoms with Crippen LogP contribution < -0.4 is 5.32 Å². The van der Waals surface area contributed by atoms with E-state index in [-0.39, 0.29) is 29.8 Å². The molecule has 2 fully saturated rings. The molecule has 0 bridgehead atoms. The maximum Gasteiger partial charge on any atom is 0.245 e. The zero-order chi connectivity index (χ0) is 23.8. The van der Waals surface area contributed by atoms with E-state index in [0.29, 0.717) is 50.2 Å². The number of carbonyl (C=O) groups is 3. The monoisotopic (exact) mass is 450 g/mol. The van der Waals surface area contributed by atoms with Crippen LogP contribution >= 0.6 is 0 Å². The number of rotatable bonds is 10. The van der Waals surface area contributed by atoms with Crippen LogP contribution in [0.25, 0.3) is 0 Å². The summed E-state index contributed by atoms with van der Waals surface area (Å²) in [4.78, 5) is 44.9. The zero-order valence-corrected chi connectivity index (χ0v) is 21.2. The SMILES string of the molecule is CCN(CC)C(=O)CC1CCN(C(=O)C(CC(C)C)N2CCN[C@@H](CC(C)C)C2=O)CC1. The van der Waals surface area contributed by atoms with E-state index in [1.54, 1.807) is 0 Å². The lowest BCUT2D eigenvalue weighted by molar-refractivity contribution is -0.150. The van der Waals surface area contributed by atoms with Crippen molar-refractivity contribution < 1.29 is 14.4 Å². The second-order valence-electron chi connectivity index (χ2n) is 10.4. The van der Waals surface area contributed by atoms with Crippen LogP contribution in [0.15, 0.2) is 0 Å². The molecular weight excluding hydrogens is 404 g/mol. The molecule has 2 heterocycles. The first-order valence-electron chi connectivity index (χ1n) is 12.8. The van der Waals surface area contributed by atoms with Gasteiger partial charge in [-0.15, -0.1) is 0 Å². The molecule has 0 spiro atoms. The first kappa shape index (κ1) is 26.6. The highest BCUT2D eigenvalue weighted by Gasteiger charge is 2.39. The van der Waals surface area contributed by atoms with Crippen molar-refractivity contribution in [3.05, 3.63) is 0 Å². The number of hydrogen-bond acceptors (Lipinski definition) is 4. The van der Waals surface area contributed by atoms with Crippen molar-refractivity contribution in [2.45, 2.75) is 85.7 Å². The quantitative estimate of drug-likeness (QED) is 0.555. The minimum Gasteiger partial charge on any atom is -0.343 e. The normalized spacial score (nSPS) is 21.4. The Morgan fingerprint density at radius 3 is 2.19 bits per heavy atom. The van der Waals surface area contributed by atoms with Crippen LogP contribution in [-0.2, 0) is 14.4 Å². The topological polar surface area (TPSA) is 73.0 Å². The molecule has 2 saturated heterocycles. The highest BCUT2D eigenvalue weighted by molar-refractivity contribution is 5.90. The summed E-state index contributed by atoms with van der Waals surface area (Å²) in [7, 11) is 0. The Bertz CT molecular complexity index is 625. The predicted octanol–water partition coefficient (Wildman–Crippen LogP) is 2.74. The minimum atomic E-state index is -0.381. The number of piperazine rings is 1. The van der Waals surface area contributed by atoms with Gasteiger partial charge in [0.1, 0.15) is 6.04 Å². The summed E-state index contributed by atoms with van der Waals surface area (Å²) in [6, 6.07) is -0.573. The van der Waals surface area contributed by atoms with Gasteiger partial charge in [0.15, 0.2) is 0 Å². The molecule has 184 valence electrons. The molecule has 3 amide bonds. The van der Waals surface area contributed by atoms with E-state index >= 15 is 0 Å². The number of carbonyl (C=O) groups excluding carboxylic acids is 3. The van der Waals surface area contributed by atoms with E-state index < -0.39 is 0 Å². The van der Waals surface area contributed by atoms with E-state index in [2.05, 4.69) is 33.0 Å². The molecule has 0 aromatic heterocycles. The average Bonchev–Trinajstić information content (AvgIpc) is 2.74. The van der Waals surface area contributed by atoms with Crippen molar-refractivity contribution in [2.75, 3.05) is 39.3 Å². The molecule has 1 N–H and O–H groups in total. The largest absolute Gasteiger partial charge is 0.343 e. The molecule has 32 heavy (non-hydrogen) atoms. The van der Waals surface area contributed by atoms with Crippen molar-refractivity contribution in [3.8, 4) is 0 Å². The molecule has 7 nitrogen and oxygen atoms in total. The highest BCUT2D eigenvalue weighted by atomic mass is 16.2. The Morgan fingerprint density at radius 1 is 1.03 bits per heavy atom. The highest BCUT2D eigenvalue weighted by Crippen LogP contribution is 2.25. The van der Waals surface area contributed by atoms with E-state index in [0.717, 1.165) is 38.9 Å². The summed E-state index contributed by atoms with van der Waals surface area (Å²) in [5.41, 5.74) is 0. The number of nitrogens with zero attached hydrogens (tertiary/aromatic N) is 3. The molecule has 2 rings (SSSR count). The van der Waals surface area contributed by atoms with Crippen LogP contribution in [0.5, 0.6) is 0 Å². The lowest BCUT2D eigenvalue weighted by Gasteiger charge is -2.42. The fraction of sp³-hybridized carbons (Fsp3) is 0.880. The number of likely N-dealkylation sites (tertiary alicyclic amines) is 1. The summed E-state index contributed by atoms with van der Waals surface area (Å²) in [5.74, 6) is 1.48. The van der Waals surface area contributed by atoms with Gasteiger partial charge in [-0.05, 0) is 57.3 Å². The van der Waals surface area contributed by atoms with Crippen LogP contribution in [0.1, 0.15) is 73.6 Å². The third kappa shape index (κ3) is 7.19. The second kappa shape index (κ2) is 12.6. The second-order valence-corrected chi connectivity index (χ2v) is 10.4. The summed E-state index contributed by atoms with van der Waals surface area (Å²) in [5, 5.41) is 3.35. The Balaban J connectivity index is 2.01. The Morgan fingerprint density at radius 2 is 1.66 bits per heavy atom. The fourth-order valence-electron chi connectivity index (χ4n) is 5.05. The molecule has 2 aliphatic rings. The van der Waals surface area contributed by atoms with Gasteiger partial charge >= 0.3 is 0 Å². The van der Waals surface area contributed by atoms with Gasteiger partial charge in [0.05, 0.1) is 6.04 Å². The van der Waals surface area contributed by atoms with Crippen LogP contribution in [0.2, 0.25) is 0 Å². The first-order valence-corrected chi connectivity index (χ1v) is 12.8. The summed E-state index contributed by atoms with van der Waals surface area (Å²) in [6.07, 6.45) is 3.78. The van der Waals surface area contributed by atoms with Gasteiger partial charge in [0.25, 0.3) is 0 Å². The Kier molecular flexibility index (Phi) is 10.5. The summed E-state index contributed by atoms with van der Waals surface area (Å²) < 4.78 is 0. The molecule has 1 unspecified atom stereocenters. The van der Waals surface area contributed by atoms with Gasteiger partial charge in [-0.3, -0.25) is 14.4 Å². The molecule has 2 aliphatic heterocycles. The Labute approximate surface area is 195 Å². The minimum absolute atomic E-state index is 0.0728. The van der Waals surface area contributed by atoms with Crippen LogP contribution in [0, 0.1) is 17.8 Å². The molecule has 0 aromatic rings. The summed E-state index contributed by atoms with van der Waals surface area (Å²) in [6.45, 7) is 16.7. The van der Waals surface area contributed by atoms with Gasteiger partial charge < -0.3 is 20.0 Å². The molecule has 0 aliphatic carbocycles. The molecule has 0 radical (unpaired) electrons. The van der Waals surface area contributed by atoms with Gasteiger partial charge in [-0.25, -0.2) is 0 Å². The van der Waals surface area contributed by atoms with Crippen molar-refractivity contribution >= 4 is 17.7 Å². The Hall–Kier alpha value is -1.63. The molecular formula is C25H46N4O3. The predicted molar refractivity (Wildman–Crippen MR) is 128 cm³/mol. The number of hydrogen-bond donors (Lipinski definition) is 1. The fourth-order valence-corrected chi connectivity index (χ4v) is 5.05.